The summed E-state index contributed by atoms with van der Waals surface area (Å²) in [6.07, 6.45) is -5.04. The van der Waals surface area contributed by atoms with Gasteiger partial charge in [0.25, 0.3) is 0 Å². The molecule has 0 atom stereocenters. The van der Waals surface area contributed by atoms with Gasteiger partial charge in [0.2, 0.25) is 0 Å². The zero-order valence-corrected chi connectivity index (χ0v) is 9.61. The molecule has 0 saturated heterocycles. The van der Waals surface area contributed by atoms with E-state index in [0.717, 1.165) is 19.2 Å². The van der Waals surface area contributed by atoms with Crippen LogP contribution in [0.25, 0.3) is 0 Å². The maximum atomic E-state index is 12.3. The number of rotatable bonds is 3. The van der Waals surface area contributed by atoms with Gasteiger partial charge in [-0.15, -0.1) is 13.2 Å². The minimum atomic E-state index is -5.04. The van der Waals surface area contributed by atoms with Gasteiger partial charge in [0.15, 0.2) is 0 Å². The molecule has 1 rings (SSSR count). The van der Waals surface area contributed by atoms with E-state index in [1.54, 1.807) is 6.07 Å². The summed E-state index contributed by atoms with van der Waals surface area (Å²) < 4.78 is 44.8. The molecule has 0 aromatic heterocycles. The fourth-order valence-electron chi connectivity index (χ4n) is 1.37. The lowest BCUT2D eigenvalue weighted by Crippen LogP contribution is -2.21. The van der Waals surface area contributed by atoms with Gasteiger partial charge in [-0.05, 0) is 12.1 Å². The van der Waals surface area contributed by atoms with Gasteiger partial charge in [-0.3, -0.25) is 0 Å². The molecule has 102 valence electrons. The highest BCUT2D eigenvalue weighted by Crippen LogP contribution is 2.32. The summed E-state index contributed by atoms with van der Waals surface area (Å²) in [6, 6.07) is 3.54. The van der Waals surface area contributed by atoms with Gasteiger partial charge in [0.1, 0.15) is 11.3 Å². The average Bonchev–Trinajstić information content (AvgIpc) is 2.36. The molecule has 1 N–H and O–H groups in total. The van der Waals surface area contributed by atoms with Crippen molar-refractivity contribution < 1.29 is 32.5 Å². The van der Waals surface area contributed by atoms with Crippen molar-refractivity contribution in [2.45, 2.75) is 13.0 Å². The van der Waals surface area contributed by atoms with Crippen LogP contribution in [0.5, 0.6) is 5.75 Å². The van der Waals surface area contributed by atoms with E-state index in [1.807, 2.05) is 0 Å². The van der Waals surface area contributed by atoms with Crippen molar-refractivity contribution in [3.63, 3.8) is 0 Å². The Labute approximate surface area is 105 Å². The first-order chi connectivity index (χ1) is 8.82. The smallest absolute Gasteiger partial charge is 0.465 e. The molecule has 0 saturated carbocycles. The predicted octanol–water partition coefficient (Wildman–Crippen LogP) is 1.74. The first-order valence-electron chi connectivity index (χ1n) is 4.84. The van der Waals surface area contributed by atoms with Gasteiger partial charge >= 0.3 is 12.3 Å². The molecule has 0 heterocycles. The Kier molecular flexibility index (Phi) is 4.34. The van der Waals surface area contributed by atoms with Crippen LogP contribution in [0.15, 0.2) is 12.1 Å². The molecule has 0 amide bonds. The van der Waals surface area contributed by atoms with E-state index in [0.29, 0.717) is 0 Å². The minimum absolute atomic E-state index is 0.0982. The lowest BCUT2D eigenvalue weighted by molar-refractivity contribution is -0.275. The topological polar surface area (TPSA) is 79.6 Å². The highest BCUT2D eigenvalue weighted by molar-refractivity contribution is 5.93. The second kappa shape index (κ2) is 5.58. The van der Waals surface area contributed by atoms with Crippen LogP contribution >= 0.6 is 0 Å². The Bertz CT molecular complexity index is 534. The number of alkyl halides is 3. The highest BCUT2D eigenvalue weighted by atomic mass is 19.4. The van der Waals surface area contributed by atoms with Crippen molar-refractivity contribution >= 4 is 5.97 Å². The molecule has 8 heteroatoms. The molecular formula is C11H8F3NO4. The van der Waals surface area contributed by atoms with Crippen LogP contribution in [0, 0.1) is 11.3 Å². The van der Waals surface area contributed by atoms with Crippen molar-refractivity contribution in [3.05, 3.63) is 28.8 Å². The van der Waals surface area contributed by atoms with Gasteiger partial charge < -0.3 is 14.6 Å². The summed E-state index contributed by atoms with van der Waals surface area (Å²) in [6.45, 7) is -0.828. The van der Waals surface area contributed by atoms with E-state index in [1.165, 1.54) is 0 Å². The molecule has 1 aromatic carbocycles. The van der Waals surface area contributed by atoms with Crippen LogP contribution in [0.4, 0.5) is 13.2 Å². The normalized spacial score (nSPS) is 10.7. The van der Waals surface area contributed by atoms with Crippen molar-refractivity contribution in [1.82, 2.24) is 0 Å². The summed E-state index contributed by atoms with van der Waals surface area (Å²) in [4.78, 5) is 11.4. The second-order valence-electron chi connectivity index (χ2n) is 3.32. The minimum Gasteiger partial charge on any atom is -0.465 e. The maximum Gasteiger partial charge on any atom is 0.573 e. The first-order valence-corrected chi connectivity index (χ1v) is 4.84. The van der Waals surface area contributed by atoms with Crippen molar-refractivity contribution in [2.75, 3.05) is 7.11 Å². The summed E-state index contributed by atoms with van der Waals surface area (Å²) >= 11 is 0. The van der Waals surface area contributed by atoms with Crippen LogP contribution in [-0.4, -0.2) is 24.5 Å². The Morgan fingerprint density at radius 3 is 2.53 bits per heavy atom. The summed E-state index contributed by atoms with van der Waals surface area (Å²) in [5.41, 5.74) is -1.02. The van der Waals surface area contributed by atoms with E-state index in [9.17, 15) is 18.0 Å². The number of nitrogens with zero attached hydrogens (tertiary/aromatic N) is 1. The maximum absolute atomic E-state index is 12.3. The van der Waals surface area contributed by atoms with Gasteiger partial charge in [-0.25, -0.2) is 4.79 Å². The largest absolute Gasteiger partial charge is 0.573 e. The number of benzene rings is 1. The Hall–Kier alpha value is -2.27. The third-order valence-corrected chi connectivity index (χ3v) is 2.09. The van der Waals surface area contributed by atoms with E-state index < -0.39 is 30.3 Å². The number of aliphatic hydroxyl groups excluding tert-OH is 1. The Morgan fingerprint density at radius 2 is 2.11 bits per heavy atom. The van der Waals surface area contributed by atoms with E-state index >= 15 is 0 Å². The number of aliphatic hydroxyl groups is 1. The Morgan fingerprint density at radius 1 is 1.47 bits per heavy atom. The van der Waals surface area contributed by atoms with Crippen LogP contribution < -0.4 is 4.74 Å². The van der Waals surface area contributed by atoms with E-state index in [2.05, 4.69) is 9.47 Å². The summed E-state index contributed by atoms with van der Waals surface area (Å²) in [5, 5.41) is 17.7. The standard InChI is InChI=1S/C11H8F3NO4/c1-18-10(17)8-3-6(4-15)2-7(5-16)9(8)19-11(12,13)14/h2-3,16H,5H2,1H3. The van der Waals surface area contributed by atoms with Crippen molar-refractivity contribution in [1.29, 1.82) is 5.26 Å². The monoisotopic (exact) mass is 275 g/mol. The zero-order chi connectivity index (χ0) is 14.6. The molecule has 0 bridgehead atoms. The SMILES string of the molecule is COC(=O)c1cc(C#N)cc(CO)c1OC(F)(F)F. The molecule has 1 aromatic rings. The van der Waals surface area contributed by atoms with Gasteiger partial charge in [-0.1, -0.05) is 0 Å². The third kappa shape index (κ3) is 3.59. The predicted molar refractivity (Wildman–Crippen MR) is 55.1 cm³/mol. The highest BCUT2D eigenvalue weighted by Gasteiger charge is 2.34. The molecule has 0 spiro atoms. The fraction of sp³-hybridized carbons (Fsp3) is 0.273. The Balaban J connectivity index is 3.47. The molecule has 0 aliphatic carbocycles. The zero-order valence-electron chi connectivity index (χ0n) is 9.61. The number of hydrogen-bond donors (Lipinski definition) is 1. The lowest BCUT2D eigenvalue weighted by Gasteiger charge is -2.15. The van der Waals surface area contributed by atoms with E-state index in [4.69, 9.17) is 10.4 Å². The van der Waals surface area contributed by atoms with Crippen molar-refractivity contribution in [2.24, 2.45) is 0 Å². The lowest BCUT2D eigenvalue weighted by atomic mass is 10.0. The van der Waals surface area contributed by atoms with Crippen molar-refractivity contribution in [3.8, 4) is 11.8 Å². The van der Waals surface area contributed by atoms with Gasteiger partial charge in [0, 0.05) is 5.56 Å². The average molecular weight is 275 g/mol. The summed E-state index contributed by atoms with van der Waals surface area (Å²) in [5.74, 6) is -1.98. The number of esters is 1. The second-order valence-corrected chi connectivity index (χ2v) is 3.32. The molecule has 0 aliphatic heterocycles. The van der Waals surface area contributed by atoms with E-state index in [-0.39, 0.29) is 11.1 Å². The van der Waals surface area contributed by atoms with Gasteiger partial charge in [0.05, 0.1) is 25.3 Å². The van der Waals surface area contributed by atoms with Crippen LogP contribution in [-0.2, 0) is 11.3 Å². The van der Waals surface area contributed by atoms with Crippen LogP contribution in [0.2, 0.25) is 0 Å². The molecule has 0 unspecified atom stereocenters. The van der Waals surface area contributed by atoms with Gasteiger partial charge in [-0.2, -0.15) is 5.26 Å². The molecule has 0 radical (unpaired) electrons. The molecule has 19 heavy (non-hydrogen) atoms. The number of nitriles is 1. The fourth-order valence-corrected chi connectivity index (χ4v) is 1.37. The number of hydrogen-bond acceptors (Lipinski definition) is 5. The number of carbonyl (C=O) groups excluding carboxylic acids is 1. The van der Waals surface area contributed by atoms with Crippen LogP contribution in [0.1, 0.15) is 21.5 Å². The number of carbonyl (C=O) groups is 1. The van der Waals surface area contributed by atoms with Crippen LogP contribution in [0.3, 0.4) is 0 Å². The number of halogens is 3. The summed E-state index contributed by atoms with van der Waals surface area (Å²) in [7, 11) is 0.970. The molecular weight excluding hydrogens is 267 g/mol. The molecule has 5 nitrogen and oxygen atoms in total. The molecule has 0 aliphatic rings. The quantitative estimate of drug-likeness (QED) is 0.850. The first kappa shape index (κ1) is 14.8. The number of ether oxygens (including phenoxy) is 2. The number of methoxy groups -OCH3 is 1. The third-order valence-electron chi connectivity index (χ3n) is 2.09. The molecule has 0 fully saturated rings.